The summed E-state index contributed by atoms with van der Waals surface area (Å²) in [4.78, 5) is 15.5. The predicted molar refractivity (Wildman–Crippen MR) is 102 cm³/mol. The highest BCUT2D eigenvalue weighted by Crippen LogP contribution is 2.49. The van der Waals surface area contributed by atoms with Gasteiger partial charge in [-0.15, -0.1) is 11.3 Å². The van der Waals surface area contributed by atoms with Crippen molar-refractivity contribution in [3.8, 4) is 0 Å². The van der Waals surface area contributed by atoms with Crippen LogP contribution in [-0.4, -0.2) is 38.4 Å². The molecule has 2 aliphatic rings. The van der Waals surface area contributed by atoms with E-state index < -0.39 is 10.0 Å². The van der Waals surface area contributed by atoms with Gasteiger partial charge in [0.1, 0.15) is 0 Å². The van der Waals surface area contributed by atoms with Gasteiger partial charge in [0, 0.05) is 19.1 Å². The third kappa shape index (κ3) is 3.19. The van der Waals surface area contributed by atoms with Gasteiger partial charge in [-0.1, -0.05) is 24.3 Å². The number of nitrogens with one attached hydrogen (secondary N) is 1. The molecule has 1 atom stereocenters. The third-order valence-corrected chi connectivity index (χ3v) is 8.14. The molecule has 1 aromatic heterocycles. The summed E-state index contributed by atoms with van der Waals surface area (Å²) in [5.41, 5.74) is -0.00587. The van der Waals surface area contributed by atoms with Gasteiger partial charge in [-0.05, 0) is 54.7 Å². The fourth-order valence-corrected chi connectivity index (χ4v) is 6.13. The number of rotatable bonds is 4. The van der Waals surface area contributed by atoms with E-state index in [2.05, 4.69) is 4.72 Å². The lowest BCUT2D eigenvalue weighted by molar-refractivity contribution is 0.00527. The predicted octanol–water partition coefficient (Wildman–Crippen LogP) is 3.11. The van der Waals surface area contributed by atoms with E-state index in [1.165, 1.54) is 11.3 Å². The zero-order valence-electron chi connectivity index (χ0n) is 14.4. The Kier molecular flexibility index (Phi) is 4.62. The molecule has 0 bridgehead atoms. The summed E-state index contributed by atoms with van der Waals surface area (Å²) < 4.78 is 28.1. The molecule has 1 amide bonds. The first kappa shape index (κ1) is 17.7. The molecular formula is C19H22N2O3S2. The summed E-state index contributed by atoms with van der Waals surface area (Å²) in [6.07, 6.45) is 3.60. The molecule has 1 aliphatic heterocycles. The quantitative estimate of drug-likeness (QED) is 0.872. The summed E-state index contributed by atoms with van der Waals surface area (Å²) in [5, 5.41) is 1.92. The Morgan fingerprint density at radius 1 is 1.08 bits per heavy atom. The van der Waals surface area contributed by atoms with Gasteiger partial charge in [-0.25, -0.2) is 13.1 Å². The van der Waals surface area contributed by atoms with E-state index in [9.17, 15) is 13.2 Å². The average Bonchev–Trinajstić information content (AvgIpc) is 3.20. The number of carbonyl (C=O) groups excluding carboxylic acids is 1. The number of hydrogen-bond donors (Lipinski definition) is 1. The van der Waals surface area contributed by atoms with Crippen molar-refractivity contribution in [2.45, 2.75) is 36.6 Å². The van der Waals surface area contributed by atoms with Crippen molar-refractivity contribution in [3.05, 3.63) is 52.7 Å². The number of nitrogens with zero attached hydrogens (tertiary/aromatic N) is 1. The summed E-state index contributed by atoms with van der Waals surface area (Å²) in [6.45, 7) is 1.39. The van der Waals surface area contributed by atoms with Crippen molar-refractivity contribution < 1.29 is 13.2 Å². The third-order valence-electron chi connectivity index (χ3n) is 5.80. The van der Waals surface area contributed by atoms with Crippen LogP contribution in [0.15, 0.2) is 52.7 Å². The highest BCUT2D eigenvalue weighted by Gasteiger charge is 2.50. The van der Waals surface area contributed by atoms with Crippen LogP contribution in [0.2, 0.25) is 0 Å². The van der Waals surface area contributed by atoms with E-state index in [0.29, 0.717) is 18.0 Å². The molecule has 2 heterocycles. The molecule has 138 valence electrons. The fraction of sp³-hybridized carbons (Fsp3) is 0.421. The largest absolute Gasteiger partial charge is 0.338 e. The second-order valence-corrected chi connectivity index (χ2v) is 9.82. The van der Waals surface area contributed by atoms with E-state index >= 15 is 0 Å². The Bertz CT molecular complexity index is 871. The highest BCUT2D eigenvalue weighted by molar-refractivity contribution is 7.89. The van der Waals surface area contributed by atoms with E-state index in [4.69, 9.17) is 0 Å². The van der Waals surface area contributed by atoms with E-state index in [0.717, 1.165) is 30.6 Å². The van der Waals surface area contributed by atoms with Crippen LogP contribution in [0, 0.1) is 5.41 Å². The Morgan fingerprint density at radius 2 is 1.81 bits per heavy atom. The number of amides is 1. The fourth-order valence-electron chi connectivity index (χ4n) is 4.05. The topological polar surface area (TPSA) is 66.5 Å². The Labute approximate surface area is 158 Å². The minimum absolute atomic E-state index is 0.00587. The first-order valence-corrected chi connectivity index (χ1v) is 11.3. The first-order chi connectivity index (χ1) is 12.5. The van der Waals surface area contributed by atoms with E-state index in [-0.39, 0.29) is 17.4 Å². The molecule has 1 aliphatic carbocycles. The summed E-state index contributed by atoms with van der Waals surface area (Å²) >= 11 is 1.47. The molecular weight excluding hydrogens is 368 g/mol. The van der Waals surface area contributed by atoms with Crippen molar-refractivity contribution in [1.29, 1.82) is 0 Å². The molecule has 1 spiro atoms. The number of benzene rings is 1. The van der Waals surface area contributed by atoms with Crippen LogP contribution in [0.25, 0.3) is 0 Å². The maximum atomic E-state index is 12.6. The van der Waals surface area contributed by atoms with Gasteiger partial charge < -0.3 is 4.90 Å². The van der Waals surface area contributed by atoms with E-state index in [1.807, 2.05) is 28.5 Å². The average molecular weight is 391 g/mol. The zero-order chi connectivity index (χ0) is 18.2. The van der Waals surface area contributed by atoms with Crippen LogP contribution >= 0.6 is 11.3 Å². The second-order valence-electron chi connectivity index (χ2n) is 7.16. The SMILES string of the molecule is O=C(c1cccs1)N1CCC2(CC[C@H]2NS(=O)(=O)c2ccccc2)CC1. The smallest absolute Gasteiger partial charge is 0.263 e. The van der Waals surface area contributed by atoms with Gasteiger partial charge in [-0.2, -0.15) is 0 Å². The van der Waals surface area contributed by atoms with Crippen LogP contribution in [0.1, 0.15) is 35.4 Å². The minimum Gasteiger partial charge on any atom is -0.338 e. The van der Waals surface area contributed by atoms with Crippen LogP contribution in [0.4, 0.5) is 0 Å². The zero-order valence-corrected chi connectivity index (χ0v) is 16.1. The van der Waals surface area contributed by atoms with Crippen molar-refractivity contribution in [3.63, 3.8) is 0 Å². The summed E-state index contributed by atoms with van der Waals surface area (Å²) in [6, 6.07) is 12.2. The summed E-state index contributed by atoms with van der Waals surface area (Å²) in [5.74, 6) is 0.0931. The second kappa shape index (κ2) is 6.79. The molecule has 26 heavy (non-hydrogen) atoms. The Balaban J connectivity index is 1.41. The van der Waals surface area contributed by atoms with Gasteiger partial charge in [0.25, 0.3) is 5.91 Å². The lowest BCUT2D eigenvalue weighted by atomic mass is 9.59. The van der Waals surface area contributed by atoms with Crippen molar-refractivity contribution in [2.24, 2.45) is 5.41 Å². The number of sulfonamides is 1. The summed E-state index contributed by atoms with van der Waals surface area (Å²) in [7, 11) is -3.49. The molecule has 1 saturated heterocycles. The highest BCUT2D eigenvalue weighted by atomic mass is 32.2. The van der Waals surface area contributed by atoms with Gasteiger partial charge in [0.05, 0.1) is 9.77 Å². The van der Waals surface area contributed by atoms with Crippen molar-refractivity contribution >= 4 is 27.3 Å². The van der Waals surface area contributed by atoms with Crippen LogP contribution in [-0.2, 0) is 10.0 Å². The molecule has 7 heteroatoms. The van der Waals surface area contributed by atoms with Crippen LogP contribution in [0.5, 0.6) is 0 Å². The molecule has 1 aromatic carbocycles. The van der Waals surface area contributed by atoms with Gasteiger partial charge in [-0.3, -0.25) is 4.79 Å². The first-order valence-electron chi connectivity index (χ1n) is 8.90. The number of thiophene rings is 1. The molecule has 2 aromatic rings. The molecule has 2 fully saturated rings. The van der Waals surface area contributed by atoms with Crippen molar-refractivity contribution in [1.82, 2.24) is 9.62 Å². The minimum atomic E-state index is -3.49. The number of hydrogen-bond acceptors (Lipinski definition) is 4. The molecule has 4 rings (SSSR count). The molecule has 0 unspecified atom stereocenters. The Morgan fingerprint density at radius 3 is 2.38 bits per heavy atom. The monoisotopic (exact) mass is 390 g/mol. The molecule has 1 saturated carbocycles. The maximum Gasteiger partial charge on any atom is 0.263 e. The normalized spacial score (nSPS) is 22.2. The van der Waals surface area contributed by atoms with Gasteiger partial charge in [0.2, 0.25) is 10.0 Å². The van der Waals surface area contributed by atoms with Crippen LogP contribution < -0.4 is 4.72 Å². The molecule has 1 N–H and O–H groups in total. The molecule has 5 nitrogen and oxygen atoms in total. The number of carbonyl (C=O) groups is 1. The lowest BCUT2D eigenvalue weighted by Gasteiger charge is -2.53. The number of piperidine rings is 1. The van der Waals surface area contributed by atoms with Gasteiger partial charge >= 0.3 is 0 Å². The molecule has 0 radical (unpaired) electrons. The number of likely N-dealkylation sites (tertiary alicyclic amines) is 1. The Hall–Kier alpha value is -1.70. The van der Waals surface area contributed by atoms with Crippen LogP contribution in [0.3, 0.4) is 0 Å². The lowest BCUT2D eigenvalue weighted by Crippen LogP contribution is -2.59. The van der Waals surface area contributed by atoms with E-state index in [1.54, 1.807) is 24.3 Å². The van der Waals surface area contributed by atoms with Gasteiger partial charge in [0.15, 0.2) is 0 Å². The standard InChI is InChI=1S/C19H22N2O3S2/c22-18(16-7-4-14-25-16)21-12-10-19(11-13-21)9-8-17(19)20-26(23,24)15-5-2-1-3-6-15/h1-7,14,17,20H,8-13H2/t17-/m1/s1. The van der Waals surface area contributed by atoms with Crippen molar-refractivity contribution in [2.75, 3.05) is 13.1 Å². The maximum absolute atomic E-state index is 12.6.